The standard InChI is InChI=1S/C18H23NOS/c1-4-15(10-11-16-8-6-12-21-16)19-18(20)17-9-5-7-13(2)14(17)3/h5-9,12,15H,4,10-11H2,1-3H3,(H,19,20). The highest BCUT2D eigenvalue weighted by molar-refractivity contribution is 7.09. The van der Waals surface area contributed by atoms with Gasteiger partial charge in [0.25, 0.3) is 5.91 Å². The predicted molar refractivity (Wildman–Crippen MR) is 90.1 cm³/mol. The fraction of sp³-hybridized carbons (Fsp3) is 0.389. The molecule has 0 aliphatic rings. The second kappa shape index (κ2) is 7.41. The Bertz CT molecular complexity index is 589. The van der Waals surface area contributed by atoms with Crippen molar-refractivity contribution in [2.24, 2.45) is 0 Å². The summed E-state index contributed by atoms with van der Waals surface area (Å²) in [6, 6.07) is 10.4. The van der Waals surface area contributed by atoms with Crippen molar-refractivity contribution in [3.63, 3.8) is 0 Å². The van der Waals surface area contributed by atoms with Crippen molar-refractivity contribution in [1.82, 2.24) is 5.32 Å². The van der Waals surface area contributed by atoms with Crippen LogP contribution in [0.5, 0.6) is 0 Å². The van der Waals surface area contributed by atoms with Crippen LogP contribution in [-0.4, -0.2) is 11.9 Å². The minimum absolute atomic E-state index is 0.0502. The zero-order valence-corrected chi connectivity index (χ0v) is 13.8. The molecule has 0 saturated heterocycles. The van der Waals surface area contributed by atoms with Gasteiger partial charge in [-0.1, -0.05) is 25.1 Å². The largest absolute Gasteiger partial charge is 0.349 e. The number of thiophene rings is 1. The first kappa shape index (κ1) is 15.8. The van der Waals surface area contributed by atoms with Gasteiger partial charge in [-0.05, 0) is 61.7 Å². The number of hydrogen-bond acceptors (Lipinski definition) is 2. The molecule has 0 saturated carbocycles. The summed E-state index contributed by atoms with van der Waals surface area (Å²) in [5.74, 6) is 0.0502. The van der Waals surface area contributed by atoms with Gasteiger partial charge < -0.3 is 5.32 Å². The lowest BCUT2D eigenvalue weighted by Gasteiger charge is -2.18. The molecule has 0 aliphatic heterocycles. The van der Waals surface area contributed by atoms with Gasteiger partial charge in [0.2, 0.25) is 0 Å². The molecule has 2 rings (SSSR count). The lowest BCUT2D eigenvalue weighted by atomic mass is 10.0. The average molecular weight is 301 g/mol. The highest BCUT2D eigenvalue weighted by atomic mass is 32.1. The van der Waals surface area contributed by atoms with Crippen molar-refractivity contribution in [3.05, 3.63) is 57.3 Å². The fourth-order valence-corrected chi connectivity index (χ4v) is 3.13. The van der Waals surface area contributed by atoms with E-state index >= 15 is 0 Å². The van der Waals surface area contributed by atoms with Gasteiger partial charge in [-0.15, -0.1) is 11.3 Å². The van der Waals surface area contributed by atoms with Crippen LogP contribution in [0, 0.1) is 13.8 Å². The number of aryl methyl sites for hydroxylation is 2. The molecule has 2 aromatic rings. The Balaban J connectivity index is 1.97. The van der Waals surface area contributed by atoms with E-state index in [0.717, 1.165) is 36.0 Å². The summed E-state index contributed by atoms with van der Waals surface area (Å²) in [6.45, 7) is 6.18. The molecule has 1 amide bonds. The third-order valence-electron chi connectivity index (χ3n) is 4.00. The molecule has 1 heterocycles. The Morgan fingerprint density at radius 1 is 1.24 bits per heavy atom. The van der Waals surface area contributed by atoms with Gasteiger partial charge >= 0.3 is 0 Å². The lowest BCUT2D eigenvalue weighted by Crippen LogP contribution is -2.35. The Labute approximate surface area is 131 Å². The van der Waals surface area contributed by atoms with Crippen LogP contribution in [0.1, 0.15) is 46.1 Å². The van der Waals surface area contributed by atoms with E-state index in [1.165, 1.54) is 4.88 Å². The monoisotopic (exact) mass is 301 g/mol. The van der Waals surface area contributed by atoms with Crippen molar-refractivity contribution in [3.8, 4) is 0 Å². The molecule has 21 heavy (non-hydrogen) atoms. The minimum atomic E-state index is 0.0502. The van der Waals surface area contributed by atoms with Crippen molar-refractivity contribution in [2.75, 3.05) is 0 Å². The Morgan fingerprint density at radius 3 is 2.71 bits per heavy atom. The molecule has 0 aliphatic carbocycles. The first-order valence-corrected chi connectivity index (χ1v) is 8.39. The SMILES string of the molecule is CCC(CCc1cccs1)NC(=O)c1cccc(C)c1C. The van der Waals surface area contributed by atoms with Gasteiger partial charge in [-0.2, -0.15) is 0 Å². The molecule has 2 nitrogen and oxygen atoms in total. The van der Waals surface area contributed by atoms with Gasteiger partial charge in [0.1, 0.15) is 0 Å². The van der Waals surface area contributed by atoms with Crippen LogP contribution in [0.3, 0.4) is 0 Å². The first-order chi connectivity index (χ1) is 10.1. The van der Waals surface area contributed by atoms with Gasteiger partial charge in [0.15, 0.2) is 0 Å². The number of amides is 1. The smallest absolute Gasteiger partial charge is 0.251 e. The summed E-state index contributed by atoms with van der Waals surface area (Å²) < 4.78 is 0. The van der Waals surface area contributed by atoms with Crippen LogP contribution in [0.25, 0.3) is 0 Å². The Hall–Kier alpha value is -1.61. The fourth-order valence-electron chi connectivity index (χ4n) is 2.41. The van der Waals surface area contributed by atoms with Crippen molar-refractivity contribution in [1.29, 1.82) is 0 Å². The third-order valence-corrected chi connectivity index (χ3v) is 4.93. The molecular weight excluding hydrogens is 278 g/mol. The van der Waals surface area contributed by atoms with Crippen LogP contribution < -0.4 is 5.32 Å². The molecule has 3 heteroatoms. The number of carbonyl (C=O) groups excluding carboxylic acids is 1. The molecule has 112 valence electrons. The highest BCUT2D eigenvalue weighted by Crippen LogP contribution is 2.15. The van der Waals surface area contributed by atoms with E-state index in [2.05, 4.69) is 29.8 Å². The van der Waals surface area contributed by atoms with Crippen LogP contribution in [0.15, 0.2) is 35.7 Å². The molecule has 0 bridgehead atoms. The maximum atomic E-state index is 12.4. The normalized spacial score (nSPS) is 12.1. The van der Waals surface area contributed by atoms with E-state index in [0.29, 0.717) is 0 Å². The summed E-state index contributed by atoms with van der Waals surface area (Å²) >= 11 is 1.78. The summed E-state index contributed by atoms with van der Waals surface area (Å²) in [6.07, 6.45) is 2.98. The molecule has 0 fully saturated rings. The molecule has 1 aromatic carbocycles. The maximum absolute atomic E-state index is 12.4. The molecule has 1 aromatic heterocycles. The van der Waals surface area contributed by atoms with Gasteiger partial charge in [-0.3, -0.25) is 4.79 Å². The number of rotatable bonds is 6. The summed E-state index contributed by atoms with van der Waals surface area (Å²) in [5, 5.41) is 5.28. The van der Waals surface area contributed by atoms with E-state index in [1.54, 1.807) is 11.3 Å². The van der Waals surface area contributed by atoms with Crippen molar-refractivity contribution >= 4 is 17.2 Å². The Kier molecular flexibility index (Phi) is 5.57. The number of hydrogen-bond donors (Lipinski definition) is 1. The molecule has 1 N–H and O–H groups in total. The van der Waals surface area contributed by atoms with Crippen molar-refractivity contribution in [2.45, 2.75) is 46.1 Å². The van der Waals surface area contributed by atoms with Crippen LogP contribution in [-0.2, 0) is 6.42 Å². The summed E-state index contributed by atoms with van der Waals surface area (Å²) in [5.41, 5.74) is 3.03. The predicted octanol–water partition coefficient (Wildman–Crippen LogP) is 4.51. The van der Waals surface area contributed by atoms with E-state index in [4.69, 9.17) is 0 Å². The zero-order chi connectivity index (χ0) is 15.2. The van der Waals surface area contributed by atoms with E-state index in [9.17, 15) is 4.79 Å². The van der Waals surface area contributed by atoms with Crippen molar-refractivity contribution < 1.29 is 4.79 Å². The van der Waals surface area contributed by atoms with E-state index < -0.39 is 0 Å². The zero-order valence-electron chi connectivity index (χ0n) is 13.0. The quantitative estimate of drug-likeness (QED) is 0.836. The minimum Gasteiger partial charge on any atom is -0.349 e. The molecule has 0 spiro atoms. The highest BCUT2D eigenvalue weighted by Gasteiger charge is 2.14. The molecule has 1 unspecified atom stereocenters. The van der Waals surface area contributed by atoms with E-state index in [1.807, 2.05) is 32.0 Å². The molecule has 1 atom stereocenters. The summed E-state index contributed by atoms with van der Waals surface area (Å²) in [4.78, 5) is 13.8. The number of nitrogens with one attached hydrogen (secondary N) is 1. The van der Waals surface area contributed by atoms with Gasteiger partial charge in [-0.25, -0.2) is 0 Å². The second-order valence-electron chi connectivity index (χ2n) is 5.44. The first-order valence-electron chi connectivity index (χ1n) is 7.51. The van der Waals surface area contributed by atoms with Gasteiger partial charge in [0.05, 0.1) is 0 Å². The molecular formula is C18H23NOS. The van der Waals surface area contributed by atoms with Crippen LogP contribution in [0.4, 0.5) is 0 Å². The number of carbonyl (C=O) groups is 1. The van der Waals surface area contributed by atoms with Crippen LogP contribution in [0.2, 0.25) is 0 Å². The molecule has 0 radical (unpaired) electrons. The van der Waals surface area contributed by atoms with Gasteiger partial charge in [0, 0.05) is 16.5 Å². The topological polar surface area (TPSA) is 29.1 Å². The maximum Gasteiger partial charge on any atom is 0.251 e. The Morgan fingerprint density at radius 2 is 2.05 bits per heavy atom. The second-order valence-corrected chi connectivity index (χ2v) is 6.48. The summed E-state index contributed by atoms with van der Waals surface area (Å²) in [7, 11) is 0. The van der Waals surface area contributed by atoms with E-state index in [-0.39, 0.29) is 11.9 Å². The average Bonchev–Trinajstić information content (AvgIpc) is 2.99. The van der Waals surface area contributed by atoms with Crippen LogP contribution >= 0.6 is 11.3 Å². The number of benzene rings is 1. The lowest BCUT2D eigenvalue weighted by molar-refractivity contribution is 0.0933. The third kappa shape index (κ3) is 4.18.